The number of hydrogen-bond donors (Lipinski definition) is 1. The van der Waals surface area contributed by atoms with E-state index in [-0.39, 0.29) is 10.8 Å². The lowest BCUT2D eigenvalue weighted by Crippen LogP contribution is -2.40. The van der Waals surface area contributed by atoms with Crippen molar-refractivity contribution >= 4 is 15.9 Å². The number of benzene rings is 1. The van der Waals surface area contributed by atoms with E-state index in [1.165, 1.54) is 22.1 Å². The van der Waals surface area contributed by atoms with Gasteiger partial charge in [-0.25, -0.2) is 8.42 Å². The SMILES string of the molecule is Cc1cccc(CCNC(=O)c2cc(S(=O)(=O)N3CCOCC3)cn2C)c1. The highest BCUT2D eigenvalue weighted by Gasteiger charge is 2.28. The van der Waals surface area contributed by atoms with E-state index in [9.17, 15) is 13.2 Å². The zero-order chi connectivity index (χ0) is 19.4. The highest BCUT2D eigenvalue weighted by Crippen LogP contribution is 2.19. The molecular formula is C19H25N3O4S. The van der Waals surface area contributed by atoms with Crippen LogP contribution in [0.2, 0.25) is 0 Å². The number of nitrogens with one attached hydrogen (secondary N) is 1. The number of morpholine rings is 1. The minimum Gasteiger partial charge on any atom is -0.379 e. The lowest BCUT2D eigenvalue weighted by molar-refractivity contribution is 0.0730. The van der Waals surface area contributed by atoms with Crippen molar-refractivity contribution in [1.82, 2.24) is 14.2 Å². The summed E-state index contributed by atoms with van der Waals surface area (Å²) in [7, 11) is -1.94. The molecule has 1 amide bonds. The topological polar surface area (TPSA) is 80.6 Å². The van der Waals surface area contributed by atoms with Crippen molar-refractivity contribution in [2.75, 3.05) is 32.8 Å². The molecular weight excluding hydrogens is 366 g/mol. The number of carbonyl (C=O) groups is 1. The summed E-state index contributed by atoms with van der Waals surface area (Å²) in [5.74, 6) is -0.284. The van der Waals surface area contributed by atoms with Crippen molar-refractivity contribution < 1.29 is 17.9 Å². The van der Waals surface area contributed by atoms with Crippen molar-refractivity contribution in [3.8, 4) is 0 Å². The van der Waals surface area contributed by atoms with Gasteiger partial charge < -0.3 is 14.6 Å². The monoisotopic (exact) mass is 391 g/mol. The van der Waals surface area contributed by atoms with Crippen LogP contribution in [0.3, 0.4) is 0 Å². The smallest absolute Gasteiger partial charge is 0.267 e. The fraction of sp³-hybridized carbons (Fsp3) is 0.421. The largest absolute Gasteiger partial charge is 0.379 e. The van der Waals surface area contributed by atoms with Gasteiger partial charge in [0.25, 0.3) is 5.91 Å². The maximum atomic E-state index is 12.7. The first kappa shape index (κ1) is 19.6. The highest BCUT2D eigenvalue weighted by molar-refractivity contribution is 7.89. The van der Waals surface area contributed by atoms with Crippen LogP contribution < -0.4 is 5.32 Å². The Bertz CT molecular complexity index is 915. The van der Waals surface area contributed by atoms with E-state index in [2.05, 4.69) is 11.4 Å². The first-order valence-corrected chi connectivity index (χ1v) is 10.4. The third-order valence-electron chi connectivity index (χ3n) is 4.60. The van der Waals surface area contributed by atoms with Gasteiger partial charge in [-0.15, -0.1) is 0 Å². The number of aromatic nitrogens is 1. The Morgan fingerprint density at radius 2 is 1.96 bits per heavy atom. The Morgan fingerprint density at radius 1 is 1.22 bits per heavy atom. The van der Waals surface area contributed by atoms with Gasteiger partial charge >= 0.3 is 0 Å². The van der Waals surface area contributed by atoms with E-state index in [1.54, 1.807) is 11.6 Å². The van der Waals surface area contributed by atoms with Gasteiger partial charge in [-0.1, -0.05) is 29.8 Å². The number of nitrogens with zero attached hydrogens (tertiary/aromatic N) is 2. The molecule has 1 N–H and O–H groups in total. The second-order valence-electron chi connectivity index (χ2n) is 6.68. The lowest BCUT2D eigenvalue weighted by atomic mass is 10.1. The molecule has 0 radical (unpaired) electrons. The molecule has 0 saturated carbocycles. The van der Waals surface area contributed by atoms with Crippen LogP contribution in [-0.2, 0) is 28.2 Å². The number of aryl methyl sites for hydroxylation is 2. The summed E-state index contributed by atoms with van der Waals surface area (Å²) in [6.07, 6.45) is 2.21. The molecule has 1 fully saturated rings. The second kappa shape index (κ2) is 8.24. The van der Waals surface area contributed by atoms with Gasteiger partial charge in [0.1, 0.15) is 10.6 Å². The second-order valence-corrected chi connectivity index (χ2v) is 8.62. The summed E-state index contributed by atoms with van der Waals surface area (Å²) in [6, 6.07) is 9.57. The van der Waals surface area contributed by atoms with Crippen molar-refractivity contribution in [3.05, 3.63) is 53.3 Å². The van der Waals surface area contributed by atoms with Gasteiger partial charge in [-0.3, -0.25) is 4.79 Å². The Hall–Kier alpha value is -2.16. The van der Waals surface area contributed by atoms with E-state index >= 15 is 0 Å². The first-order valence-electron chi connectivity index (χ1n) is 8.96. The van der Waals surface area contributed by atoms with Gasteiger partial charge in [0.05, 0.1) is 13.2 Å². The van der Waals surface area contributed by atoms with E-state index in [4.69, 9.17) is 4.74 Å². The van der Waals surface area contributed by atoms with E-state index < -0.39 is 10.0 Å². The minimum absolute atomic E-state index is 0.135. The van der Waals surface area contributed by atoms with E-state index in [0.717, 1.165) is 12.0 Å². The highest BCUT2D eigenvalue weighted by atomic mass is 32.2. The third kappa shape index (κ3) is 4.58. The van der Waals surface area contributed by atoms with Crippen LogP contribution in [0.1, 0.15) is 21.6 Å². The van der Waals surface area contributed by atoms with Crippen molar-refractivity contribution in [1.29, 1.82) is 0 Å². The van der Waals surface area contributed by atoms with Gasteiger partial charge in [0.15, 0.2) is 0 Å². The Kier molecular flexibility index (Phi) is 5.98. The van der Waals surface area contributed by atoms with Crippen LogP contribution in [0.4, 0.5) is 0 Å². The number of rotatable bonds is 6. The van der Waals surface area contributed by atoms with E-state index in [1.807, 2.05) is 25.1 Å². The summed E-state index contributed by atoms with van der Waals surface area (Å²) in [4.78, 5) is 12.6. The molecule has 1 aliphatic heterocycles. The van der Waals surface area contributed by atoms with Crippen LogP contribution >= 0.6 is 0 Å². The molecule has 2 heterocycles. The molecule has 0 spiro atoms. The molecule has 8 heteroatoms. The zero-order valence-corrected chi connectivity index (χ0v) is 16.5. The quantitative estimate of drug-likeness (QED) is 0.806. The molecule has 0 unspecified atom stereocenters. The minimum atomic E-state index is -3.61. The fourth-order valence-electron chi connectivity index (χ4n) is 3.12. The lowest BCUT2D eigenvalue weighted by Gasteiger charge is -2.25. The Labute approximate surface area is 160 Å². The molecule has 1 saturated heterocycles. The van der Waals surface area contributed by atoms with Crippen molar-refractivity contribution in [3.63, 3.8) is 0 Å². The molecule has 1 aromatic heterocycles. The summed E-state index contributed by atoms with van der Waals surface area (Å²) in [5.41, 5.74) is 2.66. The summed E-state index contributed by atoms with van der Waals surface area (Å²) >= 11 is 0. The number of amides is 1. The van der Waals surface area contributed by atoms with Crippen molar-refractivity contribution in [2.45, 2.75) is 18.2 Å². The van der Waals surface area contributed by atoms with Gasteiger partial charge in [-0.2, -0.15) is 4.31 Å². The van der Waals surface area contributed by atoms with Crippen LogP contribution in [0.25, 0.3) is 0 Å². The average molecular weight is 391 g/mol. The summed E-state index contributed by atoms with van der Waals surface area (Å²) in [6.45, 7) is 3.95. The van der Waals surface area contributed by atoms with Gasteiger partial charge in [0.2, 0.25) is 10.0 Å². The molecule has 1 aliphatic rings. The van der Waals surface area contributed by atoms with Gasteiger partial charge in [0, 0.05) is 32.9 Å². The molecule has 3 rings (SSSR count). The average Bonchev–Trinajstić information content (AvgIpc) is 3.05. The molecule has 27 heavy (non-hydrogen) atoms. The standard InChI is InChI=1S/C19H25N3O4S/c1-15-4-3-5-16(12-15)6-7-20-19(23)18-13-17(14-21(18)2)27(24,25)22-8-10-26-11-9-22/h3-5,12-14H,6-11H2,1-2H3,(H,20,23). The van der Waals surface area contributed by atoms with Crippen molar-refractivity contribution in [2.24, 2.45) is 7.05 Å². The Balaban J connectivity index is 1.65. The molecule has 2 aromatic rings. The molecule has 1 aromatic carbocycles. The number of carbonyl (C=O) groups excluding carboxylic acids is 1. The first-order chi connectivity index (χ1) is 12.9. The molecule has 7 nitrogen and oxygen atoms in total. The van der Waals surface area contributed by atoms with Gasteiger partial charge in [-0.05, 0) is 25.0 Å². The summed E-state index contributed by atoms with van der Waals surface area (Å²) in [5, 5.41) is 2.86. The molecule has 0 atom stereocenters. The molecule has 0 aliphatic carbocycles. The Morgan fingerprint density at radius 3 is 2.67 bits per heavy atom. The predicted molar refractivity (Wildman–Crippen MR) is 102 cm³/mol. The number of ether oxygens (including phenoxy) is 1. The maximum absolute atomic E-state index is 12.7. The number of sulfonamides is 1. The van der Waals surface area contributed by atoms with Crippen LogP contribution in [0.15, 0.2) is 41.4 Å². The molecule has 146 valence electrons. The van der Waals surface area contributed by atoms with Crippen LogP contribution in [0, 0.1) is 6.92 Å². The third-order valence-corrected chi connectivity index (χ3v) is 6.47. The predicted octanol–water partition coefficient (Wildman–Crippen LogP) is 1.33. The van der Waals surface area contributed by atoms with Crippen LogP contribution in [-0.4, -0.2) is 56.0 Å². The normalized spacial score (nSPS) is 15.6. The molecule has 0 bridgehead atoms. The maximum Gasteiger partial charge on any atom is 0.267 e. The van der Waals surface area contributed by atoms with Crippen LogP contribution in [0.5, 0.6) is 0 Å². The zero-order valence-electron chi connectivity index (χ0n) is 15.6. The summed E-state index contributed by atoms with van der Waals surface area (Å²) < 4.78 is 33.6. The fourth-order valence-corrected chi connectivity index (χ4v) is 4.60. The van der Waals surface area contributed by atoms with E-state index in [0.29, 0.717) is 38.5 Å². The number of hydrogen-bond acceptors (Lipinski definition) is 4.